The van der Waals surface area contributed by atoms with Crippen LogP contribution in [0.25, 0.3) is 0 Å². The zero-order chi connectivity index (χ0) is 18.9. The van der Waals surface area contributed by atoms with Gasteiger partial charge in [0.2, 0.25) is 5.91 Å². The van der Waals surface area contributed by atoms with Gasteiger partial charge in [0.15, 0.2) is 0 Å². The normalized spacial score (nSPS) is 22.9. The lowest BCUT2D eigenvalue weighted by molar-refractivity contribution is -0.120. The third-order valence-corrected chi connectivity index (χ3v) is 5.64. The molecule has 0 saturated carbocycles. The van der Waals surface area contributed by atoms with E-state index in [4.69, 9.17) is 11.6 Å². The summed E-state index contributed by atoms with van der Waals surface area (Å²) in [6.45, 7) is 2.23. The molecule has 6 nitrogen and oxygen atoms in total. The Labute approximate surface area is 163 Å². The first kappa shape index (κ1) is 17.9. The van der Waals surface area contributed by atoms with Crippen LogP contribution >= 0.6 is 11.6 Å². The minimum atomic E-state index is -0.550. The van der Waals surface area contributed by atoms with E-state index in [0.717, 1.165) is 30.0 Å². The van der Waals surface area contributed by atoms with E-state index in [0.29, 0.717) is 25.2 Å². The number of rotatable bonds is 3. The summed E-state index contributed by atoms with van der Waals surface area (Å²) >= 11 is 6.31. The summed E-state index contributed by atoms with van der Waals surface area (Å²) in [5.41, 5.74) is 3.60. The van der Waals surface area contributed by atoms with Gasteiger partial charge < -0.3 is 0 Å². The molecule has 1 aromatic heterocycles. The zero-order valence-corrected chi connectivity index (χ0v) is 15.7. The first-order valence-corrected chi connectivity index (χ1v) is 9.46. The van der Waals surface area contributed by atoms with E-state index in [1.165, 1.54) is 5.01 Å². The molecular formula is C20H21ClN4O2. The summed E-state index contributed by atoms with van der Waals surface area (Å²) in [6, 6.07) is 13.0. The SMILES string of the molecule is O=C1CC2(CCCN(Cc3ccccc3Cl)C2)N(C(=O)c2ccccn2)N1. The highest BCUT2D eigenvalue weighted by Gasteiger charge is 2.50. The number of nitrogens with zero attached hydrogens (tertiary/aromatic N) is 3. The van der Waals surface area contributed by atoms with Crippen LogP contribution in [0, 0.1) is 0 Å². The number of hydrogen-bond acceptors (Lipinski definition) is 4. The number of nitrogens with one attached hydrogen (secondary N) is 1. The lowest BCUT2D eigenvalue weighted by atomic mass is 9.85. The van der Waals surface area contributed by atoms with Crippen LogP contribution in [0.15, 0.2) is 48.7 Å². The largest absolute Gasteiger partial charge is 0.297 e. The van der Waals surface area contributed by atoms with Crippen molar-refractivity contribution in [2.75, 3.05) is 13.1 Å². The minimum Gasteiger partial charge on any atom is -0.297 e. The molecule has 1 N–H and O–H groups in total. The molecule has 1 atom stereocenters. The van der Waals surface area contributed by atoms with Gasteiger partial charge >= 0.3 is 0 Å². The highest BCUT2D eigenvalue weighted by atomic mass is 35.5. The number of piperidine rings is 1. The van der Waals surface area contributed by atoms with Crippen LogP contribution in [0.5, 0.6) is 0 Å². The number of hydrazine groups is 1. The topological polar surface area (TPSA) is 65.5 Å². The number of likely N-dealkylation sites (tertiary alicyclic amines) is 1. The molecule has 2 aliphatic heterocycles. The van der Waals surface area contributed by atoms with Gasteiger partial charge in [0, 0.05) is 24.3 Å². The van der Waals surface area contributed by atoms with E-state index in [9.17, 15) is 9.59 Å². The third-order valence-electron chi connectivity index (χ3n) is 5.27. The van der Waals surface area contributed by atoms with E-state index in [-0.39, 0.29) is 11.8 Å². The fourth-order valence-electron chi connectivity index (χ4n) is 4.07. The average molecular weight is 385 g/mol. The molecule has 0 radical (unpaired) electrons. The van der Waals surface area contributed by atoms with Crippen LogP contribution in [-0.4, -0.2) is 45.3 Å². The van der Waals surface area contributed by atoms with Crippen LogP contribution in [0.1, 0.15) is 35.3 Å². The molecule has 2 amide bonds. The Balaban J connectivity index is 1.57. The molecule has 1 spiro atoms. The first-order valence-electron chi connectivity index (χ1n) is 9.08. The average Bonchev–Trinajstić information content (AvgIpc) is 2.99. The van der Waals surface area contributed by atoms with Crippen molar-refractivity contribution in [2.24, 2.45) is 0 Å². The highest BCUT2D eigenvalue weighted by molar-refractivity contribution is 6.31. The van der Waals surface area contributed by atoms with Crippen molar-refractivity contribution in [3.63, 3.8) is 0 Å². The van der Waals surface area contributed by atoms with E-state index in [1.54, 1.807) is 24.4 Å². The first-order chi connectivity index (χ1) is 13.1. The minimum absolute atomic E-state index is 0.126. The lowest BCUT2D eigenvalue weighted by Gasteiger charge is -2.44. The van der Waals surface area contributed by atoms with Gasteiger partial charge in [-0.15, -0.1) is 0 Å². The second kappa shape index (κ2) is 7.29. The van der Waals surface area contributed by atoms with Gasteiger partial charge in [-0.1, -0.05) is 35.9 Å². The van der Waals surface area contributed by atoms with E-state index in [1.807, 2.05) is 24.3 Å². The van der Waals surface area contributed by atoms with Gasteiger partial charge in [0.05, 0.1) is 12.0 Å². The number of pyridine rings is 1. The molecular weight excluding hydrogens is 364 g/mol. The van der Waals surface area contributed by atoms with E-state index in [2.05, 4.69) is 15.3 Å². The molecule has 0 bridgehead atoms. The van der Waals surface area contributed by atoms with Gasteiger partial charge in [-0.3, -0.25) is 24.9 Å². The van der Waals surface area contributed by atoms with Crippen molar-refractivity contribution in [1.82, 2.24) is 20.3 Å². The second-order valence-electron chi connectivity index (χ2n) is 7.20. The van der Waals surface area contributed by atoms with Crippen LogP contribution in [0.3, 0.4) is 0 Å². The van der Waals surface area contributed by atoms with Gasteiger partial charge in [0.1, 0.15) is 5.69 Å². The summed E-state index contributed by atoms with van der Waals surface area (Å²) in [4.78, 5) is 31.6. The van der Waals surface area contributed by atoms with Gasteiger partial charge in [-0.2, -0.15) is 0 Å². The molecule has 2 fully saturated rings. The highest BCUT2D eigenvalue weighted by Crippen LogP contribution is 2.35. The molecule has 27 heavy (non-hydrogen) atoms. The number of amides is 2. The summed E-state index contributed by atoms with van der Waals surface area (Å²) in [6.07, 6.45) is 3.59. The van der Waals surface area contributed by atoms with Crippen LogP contribution < -0.4 is 5.43 Å². The molecule has 1 unspecified atom stereocenters. The van der Waals surface area contributed by atoms with Crippen LogP contribution in [0.2, 0.25) is 5.02 Å². The number of carbonyl (C=O) groups excluding carboxylic acids is 2. The summed E-state index contributed by atoms with van der Waals surface area (Å²) in [5.74, 6) is -0.389. The quantitative estimate of drug-likeness (QED) is 0.883. The second-order valence-corrected chi connectivity index (χ2v) is 7.60. The Hall–Kier alpha value is -2.44. The summed E-state index contributed by atoms with van der Waals surface area (Å²) < 4.78 is 0. The van der Waals surface area contributed by atoms with E-state index >= 15 is 0 Å². The van der Waals surface area contributed by atoms with Crippen molar-refractivity contribution < 1.29 is 9.59 Å². The van der Waals surface area contributed by atoms with Crippen molar-refractivity contribution in [2.45, 2.75) is 31.3 Å². The van der Waals surface area contributed by atoms with Gasteiger partial charge in [-0.05, 0) is 43.1 Å². The molecule has 140 valence electrons. The van der Waals surface area contributed by atoms with Crippen molar-refractivity contribution in [3.8, 4) is 0 Å². The molecule has 1 aromatic carbocycles. The monoisotopic (exact) mass is 384 g/mol. The zero-order valence-electron chi connectivity index (χ0n) is 14.9. The third kappa shape index (κ3) is 3.55. The van der Waals surface area contributed by atoms with E-state index < -0.39 is 5.54 Å². The molecule has 2 aromatic rings. The van der Waals surface area contributed by atoms with Crippen molar-refractivity contribution >= 4 is 23.4 Å². The molecule has 2 aliphatic rings. The smallest absolute Gasteiger partial charge is 0.291 e. The molecule has 4 rings (SSSR count). The Morgan fingerprint density at radius 2 is 2.04 bits per heavy atom. The lowest BCUT2D eigenvalue weighted by Crippen LogP contribution is -2.59. The fourth-order valence-corrected chi connectivity index (χ4v) is 4.26. The van der Waals surface area contributed by atoms with Crippen molar-refractivity contribution in [3.05, 3.63) is 64.9 Å². The van der Waals surface area contributed by atoms with Gasteiger partial charge in [0.25, 0.3) is 5.91 Å². The predicted octanol–water partition coefficient (Wildman–Crippen LogP) is 2.65. The molecule has 7 heteroatoms. The van der Waals surface area contributed by atoms with Gasteiger partial charge in [-0.25, -0.2) is 5.01 Å². The Morgan fingerprint density at radius 3 is 2.81 bits per heavy atom. The maximum absolute atomic E-state index is 13.0. The number of hydrogen-bond donors (Lipinski definition) is 1. The standard InChI is InChI=1S/C20H21ClN4O2/c21-16-7-2-1-6-15(16)13-24-11-5-9-20(14-24)12-18(26)23-25(20)19(27)17-8-3-4-10-22-17/h1-4,6-8,10H,5,9,11-14H2,(H,23,26). The maximum Gasteiger partial charge on any atom is 0.291 e. The number of benzene rings is 1. The maximum atomic E-state index is 13.0. The predicted molar refractivity (Wildman–Crippen MR) is 102 cm³/mol. The number of aromatic nitrogens is 1. The van der Waals surface area contributed by atoms with Crippen LogP contribution in [-0.2, 0) is 11.3 Å². The summed E-state index contributed by atoms with van der Waals surface area (Å²) in [5, 5.41) is 2.25. The molecule has 3 heterocycles. The Kier molecular flexibility index (Phi) is 4.85. The Morgan fingerprint density at radius 1 is 1.22 bits per heavy atom. The Bertz CT molecular complexity index is 860. The number of halogens is 1. The number of carbonyl (C=O) groups is 2. The molecule has 2 saturated heterocycles. The fraction of sp³-hybridized carbons (Fsp3) is 0.350. The van der Waals surface area contributed by atoms with Crippen LogP contribution in [0.4, 0.5) is 0 Å². The molecule has 0 aliphatic carbocycles. The summed E-state index contributed by atoms with van der Waals surface area (Å²) in [7, 11) is 0. The van der Waals surface area contributed by atoms with Crippen molar-refractivity contribution in [1.29, 1.82) is 0 Å².